The Labute approximate surface area is 136 Å². The summed E-state index contributed by atoms with van der Waals surface area (Å²) in [6.45, 7) is 4.07. The van der Waals surface area contributed by atoms with E-state index >= 15 is 0 Å². The number of carbonyl (C=O) groups excluding carboxylic acids is 3. The Morgan fingerprint density at radius 3 is 2.35 bits per heavy atom. The second kappa shape index (κ2) is 6.11. The summed E-state index contributed by atoms with van der Waals surface area (Å²) in [6, 6.07) is 0.0636. The van der Waals surface area contributed by atoms with E-state index in [2.05, 4.69) is 0 Å². The number of hydrogen-bond donors (Lipinski definition) is 0. The van der Waals surface area contributed by atoms with Crippen molar-refractivity contribution in [1.82, 2.24) is 14.7 Å². The Bertz CT molecular complexity index is 515. The maximum Gasteiger partial charge on any atom is 0.252 e. The van der Waals surface area contributed by atoms with Gasteiger partial charge >= 0.3 is 0 Å². The molecule has 3 atom stereocenters. The number of nitrogens with zero attached hydrogens (tertiary/aromatic N) is 3. The normalized spacial score (nSPS) is 31.7. The summed E-state index contributed by atoms with van der Waals surface area (Å²) in [6.07, 6.45) is 1.03. The highest BCUT2D eigenvalue weighted by molar-refractivity contribution is 5.86. The monoisotopic (exact) mass is 323 g/mol. The van der Waals surface area contributed by atoms with Crippen LogP contribution in [-0.4, -0.2) is 84.9 Å². The third-order valence-electron chi connectivity index (χ3n) is 5.67. The molecule has 0 radical (unpaired) electrons. The highest BCUT2D eigenvalue weighted by Gasteiger charge is 2.52. The fourth-order valence-corrected chi connectivity index (χ4v) is 4.22. The summed E-state index contributed by atoms with van der Waals surface area (Å²) in [5, 5.41) is 0. The van der Waals surface area contributed by atoms with Crippen molar-refractivity contribution in [3.8, 4) is 0 Å². The molecule has 3 fully saturated rings. The van der Waals surface area contributed by atoms with Crippen molar-refractivity contribution in [2.75, 3.05) is 40.3 Å². The molecule has 3 amide bonds. The van der Waals surface area contributed by atoms with Gasteiger partial charge < -0.3 is 19.4 Å². The van der Waals surface area contributed by atoms with E-state index in [1.54, 1.807) is 30.9 Å². The van der Waals surface area contributed by atoms with Crippen LogP contribution in [0.3, 0.4) is 0 Å². The van der Waals surface area contributed by atoms with Crippen molar-refractivity contribution >= 4 is 17.7 Å². The minimum atomic E-state index is -0.428. The molecule has 128 valence electrons. The van der Waals surface area contributed by atoms with Crippen molar-refractivity contribution in [3.05, 3.63) is 0 Å². The van der Waals surface area contributed by atoms with Gasteiger partial charge in [0.25, 0.3) is 5.91 Å². The molecule has 0 unspecified atom stereocenters. The number of likely N-dealkylation sites (tertiary alicyclic amines) is 3. The summed E-state index contributed by atoms with van der Waals surface area (Å²) >= 11 is 0. The number of ether oxygens (including phenoxy) is 1. The van der Waals surface area contributed by atoms with E-state index in [0.717, 1.165) is 12.8 Å². The van der Waals surface area contributed by atoms with Gasteiger partial charge in [-0.1, -0.05) is 0 Å². The highest BCUT2D eigenvalue weighted by Crippen LogP contribution is 2.34. The largest absolute Gasteiger partial charge is 0.371 e. The van der Waals surface area contributed by atoms with E-state index in [-0.39, 0.29) is 35.6 Å². The molecule has 0 N–H and O–H groups in total. The minimum absolute atomic E-state index is 0.00794. The van der Waals surface area contributed by atoms with Crippen molar-refractivity contribution in [1.29, 1.82) is 0 Å². The van der Waals surface area contributed by atoms with Crippen molar-refractivity contribution in [2.45, 2.75) is 31.9 Å². The third-order valence-corrected chi connectivity index (χ3v) is 5.67. The number of hydrogen-bond acceptors (Lipinski definition) is 4. The van der Waals surface area contributed by atoms with E-state index in [4.69, 9.17) is 4.74 Å². The van der Waals surface area contributed by atoms with Crippen LogP contribution < -0.4 is 0 Å². The van der Waals surface area contributed by atoms with Crippen LogP contribution in [0.15, 0.2) is 0 Å². The average Bonchev–Trinajstić information content (AvgIpc) is 3.07. The maximum absolute atomic E-state index is 12.8. The predicted molar refractivity (Wildman–Crippen MR) is 82.4 cm³/mol. The molecule has 0 saturated carbocycles. The zero-order valence-electron chi connectivity index (χ0n) is 14.0. The maximum atomic E-state index is 12.8. The molecule has 23 heavy (non-hydrogen) atoms. The Morgan fingerprint density at radius 1 is 1.13 bits per heavy atom. The fourth-order valence-electron chi connectivity index (χ4n) is 4.22. The molecule has 0 aliphatic carbocycles. The van der Waals surface area contributed by atoms with Crippen LogP contribution in [0.4, 0.5) is 0 Å². The molecule has 0 aromatic carbocycles. The van der Waals surface area contributed by atoms with Gasteiger partial charge in [0.2, 0.25) is 11.8 Å². The molecular formula is C16H25N3O4. The Morgan fingerprint density at radius 2 is 1.78 bits per heavy atom. The summed E-state index contributed by atoms with van der Waals surface area (Å²) in [4.78, 5) is 41.7. The average molecular weight is 323 g/mol. The van der Waals surface area contributed by atoms with E-state index in [0.29, 0.717) is 26.2 Å². The quantitative estimate of drug-likeness (QED) is 0.691. The van der Waals surface area contributed by atoms with Crippen LogP contribution in [0.5, 0.6) is 0 Å². The first-order chi connectivity index (χ1) is 10.9. The Hall–Kier alpha value is -1.63. The van der Waals surface area contributed by atoms with Gasteiger partial charge in [0.1, 0.15) is 6.10 Å². The lowest BCUT2D eigenvalue weighted by atomic mass is 9.95. The van der Waals surface area contributed by atoms with Crippen LogP contribution in [0, 0.1) is 11.8 Å². The van der Waals surface area contributed by atoms with E-state index in [9.17, 15) is 14.4 Å². The highest BCUT2D eigenvalue weighted by atomic mass is 16.5. The third kappa shape index (κ3) is 2.71. The van der Waals surface area contributed by atoms with E-state index < -0.39 is 6.10 Å². The van der Waals surface area contributed by atoms with E-state index in [1.165, 1.54) is 0 Å². The van der Waals surface area contributed by atoms with Crippen LogP contribution in [0.25, 0.3) is 0 Å². The fraction of sp³-hybridized carbons (Fsp3) is 0.812. The van der Waals surface area contributed by atoms with Gasteiger partial charge in [-0.25, -0.2) is 0 Å². The first-order valence-corrected chi connectivity index (χ1v) is 8.27. The zero-order valence-corrected chi connectivity index (χ0v) is 14.0. The number of rotatable bonds is 2. The van der Waals surface area contributed by atoms with Gasteiger partial charge in [-0.15, -0.1) is 0 Å². The number of amides is 3. The number of likely N-dealkylation sites (N-methyl/N-ethyl adjacent to an activating group) is 1. The van der Waals surface area contributed by atoms with Crippen LogP contribution in [-0.2, 0) is 19.1 Å². The lowest BCUT2D eigenvalue weighted by molar-refractivity contribution is -0.142. The molecule has 3 aliphatic heterocycles. The van der Waals surface area contributed by atoms with Gasteiger partial charge in [-0.3, -0.25) is 14.4 Å². The summed E-state index contributed by atoms with van der Waals surface area (Å²) < 4.78 is 5.35. The van der Waals surface area contributed by atoms with E-state index in [1.807, 2.05) is 4.90 Å². The summed E-state index contributed by atoms with van der Waals surface area (Å²) in [5.74, 6) is 0.322. The Kier molecular flexibility index (Phi) is 4.31. The lowest BCUT2D eigenvalue weighted by Crippen LogP contribution is -2.45. The number of piperidine rings is 1. The summed E-state index contributed by atoms with van der Waals surface area (Å²) in [7, 11) is 3.35. The number of carbonyl (C=O) groups is 3. The first kappa shape index (κ1) is 16.2. The minimum Gasteiger partial charge on any atom is -0.371 e. The second-order valence-electron chi connectivity index (χ2n) is 6.86. The van der Waals surface area contributed by atoms with Crippen LogP contribution >= 0.6 is 0 Å². The molecule has 7 nitrogen and oxygen atoms in total. The van der Waals surface area contributed by atoms with Gasteiger partial charge in [-0.05, 0) is 12.8 Å². The smallest absolute Gasteiger partial charge is 0.252 e. The molecule has 3 aliphatic rings. The van der Waals surface area contributed by atoms with Crippen molar-refractivity contribution in [3.63, 3.8) is 0 Å². The predicted octanol–water partition coefficient (Wildman–Crippen LogP) is -0.441. The van der Waals surface area contributed by atoms with Gasteiger partial charge in [0.15, 0.2) is 0 Å². The Balaban J connectivity index is 1.61. The SMILES string of the molecule is CO[C@@H]1C(=O)N(C)[C@@H]2CN(C(=O)C3CCN(C(C)=O)CC3)C[C@H]12. The van der Waals surface area contributed by atoms with Crippen molar-refractivity contribution < 1.29 is 19.1 Å². The van der Waals surface area contributed by atoms with Gasteiger partial charge in [-0.2, -0.15) is 0 Å². The molecular weight excluding hydrogens is 298 g/mol. The van der Waals surface area contributed by atoms with Crippen molar-refractivity contribution in [2.24, 2.45) is 11.8 Å². The van der Waals surface area contributed by atoms with Crippen LogP contribution in [0.2, 0.25) is 0 Å². The number of fused-ring (bicyclic) bond motifs is 1. The molecule has 0 spiro atoms. The molecule has 0 aromatic rings. The second-order valence-corrected chi connectivity index (χ2v) is 6.86. The first-order valence-electron chi connectivity index (χ1n) is 8.27. The molecule has 3 rings (SSSR count). The van der Waals surface area contributed by atoms with Gasteiger partial charge in [0, 0.05) is 59.1 Å². The molecule has 7 heteroatoms. The zero-order chi connectivity index (χ0) is 16.7. The molecule has 3 heterocycles. The summed E-state index contributed by atoms with van der Waals surface area (Å²) in [5.41, 5.74) is 0. The number of methoxy groups -OCH3 is 1. The molecule has 0 bridgehead atoms. The van der Waals surface area contributed by atoms with Gasteiger partial charge in [0.05, 0.1) is 6.04 Å². The molecule has 0 aromatic heterocycles. The standard InChI is InChI=1S/C16H25N3O4/c1-10(20)18-6-4-11(5-7-18)15(21)19-8-12-13(9-19)17(2)16(22)14(12)23-3/h11-14H,4-9H2,1-3H3/t12-,13+,14-/m0/s1. The molecule has 3 saturated heterocycles. The lowest BCUT2D eigenvalue weighted by Gasteiger charge is -2.33. The van der Waals surface area contributed by atoms with Crippen LogP contribution in [0.1, 0.15) is 19.8 Å². The topological polar surface area (TPSA) is 70.2 Å².